The van der Waals surface area contributed by atoms with Gasteiger partial charge in [0.25, 0.3) is 5.91 Å². The molecule has 1 heterocycles. The van der Waals surface area contributed by atoms with Gasteiger partial charge < -0.3 is 24.4 Å². The third-order valence-electron chi connectivity index (χ3n) is 4.51. The minimum Gasteiger partial charge on any atom is -0.493 e. The topological polar surface area (TPSA) is 77.1 Å². The average molecular weight is 384 g/mol. The van der Waals surface area contributed by atoms with Crippen LogP contribution in [0.5, 0.6) is 17.2 Å². The Bertz CT molecular complexity index is 853. The summed E-state index contributed by atoms with van der Waals surface area (Å²) < 4.78 is 16.6. The molecule has 1 aliphatic heterocycles. The van der Waals surface area contributed by atoms with Gasteiger partial charge in [-0.1, -0.05) is 18.2 Å². The van der Waals surface area contributed by atoms with Crippen LogP contribution in [-0.4, -0.2) is 50.1 Å². The molecule has 0 bridgehead atoms. The van der Waals surface area contributed by atoms with Gasteiger partial charge >= 0.3 is 0 Å². The van der Waals surface area contributed by atoms with Crippen LogP contribution in [0, 0.1) is 0 Å². The van der Waals surface area contributed by atoms with Gasteiger partial charge in [0, 0.05) is 25.5 Å². The van der Waals surface area contributed by atoms with E-state index < -0.39 is 0 Å². The van der Waals surface area contributed by atoms with Gasteiger partial charge in [0.1, 0.15) is 11.9 Å². The van der Waals surface area contributed by atoms with Gasteiger partial charge in [0.15, 0.2) is 11.5 Å². The molecule has 0 aromatic heterocycles. The molecule has 1 atom stereocenters. The number of amides is 2. The van der Waals surface area contributed by atoms with Crippen LogP contribution in [0.4, 0.5) is 5.69 Å². The summed E-state index contributed by atoms with van der Waals surface area (Å²) in [5, 5.41) is 2.69. The number of nitrogens with zero attached hydrogens (tertiary/aromatic N) is 1. The van der Waals surface area contributed by atoms with Crippen molar-refractivity contribution in [1.82, 2.24) is 4.90 Å². The number of ether oxygens (including phenoxy) is 3. The molecule has 3 rings (SSSR count). The monoisotopic (exact) mass is 384 g/mol. The van der Waals surface area contributed by atoms with E-state index in [1.165, 1.54) is 21.1 Å². The predicted molar refractivity (Wildman–Crippen MR) is 105 cm³/mol. The first-order chi connectivity index (χ1) is 13.5. The van der Waals surface area contributed by atoms with Crippen LogP contribution in [-0.2, 0) is 4.79 Å². The van der Waals surface area contributed by atoms with Crippen LogP contribution in [0.3, 0.4) is 0 Å². The number of hydrogen-bond acceptors (Lipinski definition) is 5. The maximum absolute atomic E-state index is 13.0. The molecular formula is C21H24N2O5. The Kier molecular flexibility index (Phi) is 6.03. The lowest BCUT2D eigenvalue weighted by atomic mass is 10.1. The van der Waals surface area contributed by atoms with E-state index in [1.54, 1.807) is 17.0 Å². The first-order valence-electron chi connectivity index (χ1n) is 9.06. The van der Waals surface area contributed by atoms with Crippen molar-refractivity contribution < 1.29 is 23.8 Å². The van der Waals surface area contributed by atoms with Crippen molar-refractivity contribution in [3.63, 3.8) is 0 Å². The van der Waals surface area contributed by atoms with Crippen molar-refractivity contribution in [2.45, 2.75) is 19.4 Å². The zero-order valence-electron chi connectivity index (χ0n) is 16.2. The van der Waals surface area contributed by atoms with Crippen molar-refractivity contribution >= 4 is 17.5 Å². The molecule has 1 saturated heterocycles. The summed E-state index contributed by atoms with van der Waals surface area (Å²) >= 11 is 0. The Morgan fingerprint density at radius 2 is 1.86 bits per heavy atom. The maximum Gasteiger partial charge on any atom is 0.254 e. The van der Waals surface area contributed by atoms with Gasteiger partial charge in [-0.25, -0.2) is 0 Å². The first-order valence-corrected chi connectivity index (χ1v) is 9.06. The van der Waals surface area contributed by atoms with E-state index in [2.05, 4.69) is 5.32 Å². The van der Waals surface area contributed by atoms with Crippen molar-refractivity contribution in [3.8, 4) is 17.2 Å². The number of likely N-dealkylation sites (tertiary alicyclic amines) is 1. The number of methoxy groups -OCH3 is 2. The minimum atomic E-state index is -0.262. The molecule has 0 radical (unpaired) electrons. The summed E-state index contributed by atoms with van der Waals surface area (Å²) in [4.78, 5) is 26.3. The number of rotatable bonds is 6. The van der Waals surface area contributed by atoms with Gasteiger partial charge in [-0.2, -0.15) is 0 Å². The SMILES string of the molecule is COc1cc(C(=O)N2CC[C@@H](Oc3ccccc3)C2)cc(NC(C)=O)c1OC. The third-order valence-corrected chi connectivity index (χ3v) is 4.51. The van der Waals surface area contributed by atoms with Crippen LogP contribution in [0.25, 0.3) is 0 Å². The molecule has 2 aromatic carbocycles. The van der Waals surface area contributed by atoms with Crippen molar-refractivity contribution in [3.05, 3.63) is 48.0 Å². The Labute approximate surface area is 164 Å². The number of para-hydroxylation sites is 1. The second kappa shape index (κ2) is 8.65. The fourth-order valence-electron chi connectivity index (χ4n) is 3.25. The van der Waals surface area contributed by atoms with Crippen LogP contribution in [0.2, 0.25) is 0 Å². The summed E-state index contributed by atoms with van der Waals surface area (Å²) in [6, 6.07) is 12.8. The van der Waals surface area contributed by atoms with E-state index >= 15 is 0 Å². The van der Waals surface area contributed by atoms with E-state index in [-0.39, 0.29) is 17.9 Å². The highest BCUT2D eigenvalue weighted by Gasteiger charge is 2.29. The molecule has 7 heteroatoms. The van der Waals surface area contributed by atoms with Crippen LogP contribution in [0.15, 0.2) is 42.5 Å². The second-order valence-corrected chi connectivity index (χ2v) is 6.53. The number of benzene rings is 2. The molecule has 28 heavy (non-hydrogen) atoms. The summed E-state index contributed by atoms with van der Waals surface area (Å²) in [5.41, 5.74) is 0.816. The van der Waals surface area contributed by atoms with E-state index in [9.17, 15) is 9.59 Å². The molecule has 0 aliphatic carbocycles. The number of anilines is 1. The number of carbonyl (C=O) groups is 2. The Balaban J connectivity index is 1.77. The predicted octanol–water partition coefficient (Wildman–Crippen LogP) is 2.96. The average Bonchev–Trinajstić information content (AvgIpc) is 3.15. The summed E-state index contributed by atoms with van der Waals surface area (Å²) in [6.45, 7) is 2.49. The number of hydrogen-bond donors (Lipinski definition) is 1. The number of carbonyl (C=O) groups excluding carboxylic acids is 2. The summed E-state index contributed by atoms with van der Waals surface area (Å²) in [5.74, 6) is 1.14. The standard InChI is InChI=1S/C21H24N2O5/c1-14(24)22-18-11-15(12-19(26-2)20(18)27-3)21(25)23-10-9-17(13-23)28-16-7-5-4-6-8-16/h4-8,11-12,17H,9-10,13H2,1-3H3,(H,22,24)/t17-/m1/s1. The third kappa shape index (κ3) is 4.36. The van der Waals surface area contributed by atoms with E-state index in [0.717, 1.165) is 12.2 Å². The van der Waals surface area contributed by atoms with Crippen molar-refractivity contribution in [2.75, 3.05) is 32.6 Å². The van der Waals surface area contributed by atoms with Crippen LogP contribution >= 0.6 is 0 Å². The van der Waals surface area contributed by atoms with Crippen molar-refractivity contribution in [2.24, 2.45) is 0 Å². The van der Waals surface area contributed by atoms with Crippen LogP contribution in [0.1, 0.15) is 23.7 Å². The summed E-state index contributed by atoms with van der Waals surface area (Å²) in [7, 11) is 2.97. The lowest BCUT2D eigenvalue weighted by Crippen LogP contribution is -2.31. The Morgan fingerprint density at radius 1 is 1.11 bits per heavy atom. The Morgan fingerprint density at radius 3 is 2.50 bits per heavy atom. The minimum absolute atomic E-state index is 0.0543. The largest absolute Gasteiger partial charge is 0.493 e. The highest BCUT2D eigenvalue weighted by molar-refractivity contribution is 5.99. The molecule has 0 saturated carbocycles. The Hall–Kier alpha value is -3.22. The highest BCUT2D eigenvalue weighted by Crippen LogP contribution is 2.37. The van der Waals surface area contributed by atoms with Gasteiger partial charge in [0.05, 0.1) is 26.5 Å². The molecule has 7 nitrogen and oxygen atoms in total. The lowest BCUT2D eigenvalue weighted by Gasteiger charge is -2.19. The molecule has 148 valence electrons. The molecule has 2 aromatic rings. The normalized spacial score (nSPS) is 15.8. The van der Waals surface area contributed by atoms with Gasteiger partial charge in [-0.15, -0.1) is 0 Å². The quantitative estimate of drug-likeness (QED) is 0.829. The van der Waals surface area contributed by atoms with Crippen molar-refractivity contribution in [1.29, 1.82) is 0 Å². The zero-order valence-corrected chi connectivity index (χ0v) is 16.2. The second-order valence-electron chi connectivity index (χ2n) is 6.53. The van der Waals surface area contributed by atoms with Gasteiger partial charge in [-0.05, 0) is 24.3 Å². The molecule has 1 aliphatic rings. The molecule has 2 amide bonds. The van der Waals surface area contributed by atoms with Gasteiger partial charge in [0.2, 0.25) is 5.91 Å². The fraction of sp³-hybridized carbons (Fsp3) is 0.333. The first kappa shape index (κ1) is 19.5. The molecule has 0 unspecified atom stereocenters. The zero-order chi connectivity index (χ0) is 20.1. The number of nitrogens with one attached hydrogen (secondary N) is 1. The van der Waals surface area contributed by atoms with Gasteiger partial charge in [-0.3, -0.25) is 9.59 Å². The lowest BCUT2D eigenvalue weighted by molar-refractivity contribution is -0.114. The molecule has 0 spiro atoms. The van der Waals surface area contributed by atoms with E-state index in [1.807, 2.05) is 30.3 Å². The van der Waals surface area contributed by atoms with Crippen LogP contribution < -0.4 is 19.5 Å². The smallest absolute Gasteiger partial charge is 0.254 e. The molecular weight excluding hydrogens is 360 g/mol. The summed E-state index contributed by atoms with van der Waals surface area (Å²) in [6.07, 6.45) is 0.702. The maximum atomic E-state index is 13.0. The molecule has 1 fully saturated rings. The van der Waals surface area contributed by atoms with E-state index in [4.69, 9.17) is 14.2 Å². The fourth-order valence-corrected chi connectivity index (χ4v) is 3.25. The van der Waals surface area contributed by atoms with E-state index in [0.29, 0.717) is 35.8 Å². The molecule has 1 N–H and O–H groups in total. The highest BCUT2D eigenvalue weighted by atomic mass is 16.5.